The number of nitrogens with zero attached hydrogens (tertiary/aromatic N) is 2. The molecule has 1 aromatic rings. The average Bonchev–Trinajstić information content (AvgIpc) is 2.78. The van der Waals surface area contributed by atoms with E-state index in [1.807, 2.05) is 13.8 Å². The first-order chi connectivity index (χ1) is 12.1. The van der Waals surface area contributed by atoms with Crippen LogP contribution < -0.4 is 11.0 Å². The number of hydrogen-bond donors (Lipinski definition) is 3. The van der Waals surface area contributed by atoms with E-state index in [4.69, 9.17) is 9.84 Å². The van der Waals surface area contributed by atoms with Gasteiger partial charge in [-0.2, -0.15) is 13.8 Å². The molecule has 4 atom stereocenters. The van der Waals surface area contributed by atoms with Crippen LogP contribution in [0.25, 0.3) is 0 Å². The number of ketones is 1. The number of Topliss-reactive ketones (excluding diaryl/α,β-unsaturated/α-hetero) is 1. The summed E-state index contributed by atoms with van der Waals surface area (Å²) in [7, 11) is 1.65. The third-order valence-corrected chi connectivity index (χ3v) is 4.38. The zero-order valence-electron chi connectivity index (χ0n) is 14.7. The molecule has 2 heterocycles. The number of carbonyl (C=O) groups excluding carboxylic acids is 1. The number of nitrogens with one attached hydrogen (secondary N) is 1. The second-order valence-corrected chi connectivity index (χ2v) is 6.59. The Balaban J connectivity index is 2.23. The number of hydrogen-bond acceptors (Lipinski definition) is 7. The highest BCUT2D eigenvalue weighted by Crippen LogP contribution is 2.41. The van der Waals surface area contributed by atoms with Gasteiger partial charge in [0.25, 0.3) is 0 Å². The molecule has 0 amide bonds. The minimum absolute atomic E-state index is 0.0374. The molecule has 0 aromatic carbocycles. The molecule has 1 aliphatic rings. The molecule has 0 bridgehead atoms. The summed E-state index contributed by atoms with van der Waals surface area (Å²) in [5.74, 6) is -3.91. The van der Waals surface area contributed by atoms with Gasteiger partial charge in [-0.1, -0.05) is 13.8 Å². The number of aliphatic hydroxyl groups is 2. The van der Waals surface area contributed by atoms with Crippen molar-refractivity contribution in [3.8, 4) is 0 Å². The maximum absolute atomic E-state index is 14.1. The first-order valence-electron chi connectivity index (χ1n) is 8.23. The lowest BCUT2D eigenvalue weighted by molar-refractivity contribution is -0.141. The second-order valence-electron chi connectivity index (χ2n) is 6.59. The molecular formula is C16H23F2N3O5. The van der Waals surface area contributed by atoms with Crippen LogP contribution in [0.3, 0.4) is 0 Å². The highest BCUT2D eigenvalue weighted by molar-refractivity contribution is 5.85. The maximum Gasteiger partial charge on any atom is 0.350 e. The van der Waals surface area contributed by atoms with E-state index >= 15 is 0 Å². The Morgan fingerprint density at radius 2 is 2.15 bits per heavy atom. The SMILES string of the molecule is CN[C@H](C(=O)Cc1ccn([C@@H]2O[C@H](CO)[C@@H](O)C2(F)F)c(=O)n1)C(C)C. The predicted molar refractivity (Wildman–Crippen MR) is 86.8 cm³/mol. The van der Waals surface area contributed by atoms with Crippen molar-refractivity contribution in [2.75, 3.05) is 13.7 Å². The zero-order valence-corrected chi connectivity index (χ0v) is 14.7. The van der Waals surface area contributed by atoms with Crippen molar-refractivity contribution in [1.29, 1.82) is 0 Å². The Kier molecular flexibility index (Phi) is 6.22. The predicted octanol–water partition coefficient (Wildman–Crippen LogP) is -0.515. The Morgan fingerprint density at radius 3 is 2.62 bits per heavy atom. The molecule has 2 rings (SSSR count). The van der Waals surface area contributed by atoms with Crippen LogP contribution in [-0.4, -0.2) is 63.4 Å². The molecule has 3 N–H and O–H groups in total. The number of aromatic nitrogens is 2. The van der Waals surface area contributed by atoms with Crippen LogP contribution in [0.4, 0.5) is 8.78 Å². The van der Waals surface area contributed by atoms with Crippen molar-refractivity contribution < 1.29 is 28.5 Å². The van der Waals surface area contributed by atoms with E-state index in [1.54, 1.807) is 7.05 Å². The van der Waals surface area contributed by atoms with Gasteiger partial charge in [-0.15, -0.1) is 0 Å². The summed E-state index contributed by atoms with van der Waals surface area (Å²) in [6.45, 7) is 2.92. The van der Waals surface area contributed by atoms with Gasteiger partial charge in [0.2, 0.25) is 6.23 Å². The first-order valence-corrected chi connectivity index (χ1v) is 8.23. The topological polar surface area (TPSA) is 114 Å². The van der Waals surface area contributed by atoms with E-state index < -0.39 is 42.7 Å². The van der Waals surface area contributed by atoms with E-state index in [9.17, 15) is 23.5 Å². The van der Waals surface area contributed by atoms with Gasteiger partial charge in [-0.25, -0.2) is 4.79 Å². The van der Waals surface area contributed by atoms with Crippen molar-refractivity contribution in [1.82, 2.24) is 14.9 Å². The lowest BCUT2D eigenvalue weighted by Gasteiger charge is -2.21. The van der Waals surface area contributed by atoms with E-state index in [0.29, 0.717) is 4.57 Å². The molecule has 1 aliphatic heterocycles. The van der Waals surface area contributed by atoms with Crippen molar-refractivity contribution in [2.24, 2.45) is 5.92 Å². The molecule has 1 fully saturated rings. The number of alkyl halides is 2. The minimum atomic E-state index is -3.77. The van der Waals surface area contributed by atoms with Crippen LogP contribution in [0.5, 0.6) is 0 Å². The van der Waals surface area contributed by atoms with Crippen LogP contribution in [0.2, 0.25) is 0 Å². The summed E-state index contributed by atoms with van der Waals surface area (Å²) in [4.78, 5) is 28.1. The van der Waals surface area contributed by atoms with Gasteiger partial charge >= 0.3 is 11.6 Å². The van der Waals surface area contributed by atoms with Crippen molar-refractivity contribution in [2.45, 2.75) is 50.7 Å². The minimum Gasteiger partial charge on any atom is -0.394 e. The summed E-state index contributed by atoms with van der Waals surface area (Å²) in [6, 6.07) is 0.868. The molecule has 0 spiro atoms. The standard InChI is InChI=1S/C16H23F2N3O5/c1-8(2)12(19-3)10(23)6-9-4-5-21(15(25)20-9)14-16(17,18)13(24)11(7-22)26-14/h4-5,8,11-14,19,22,24H,6-7H2,1-3H3/t11-,12+,13-,14-/m1/s1. The molecule has 146 valence electrons. The van der Waals surface area contributed by atoms with Crippen LogP contribution in [0.1, 0.15) is 25.8 Å². The second kappa shape index (κ2) is 7.87. The van der Waals surface area contributed by atoms with Gasteiger partial charge < -0.3 is 20.3 Å². The molecule has 0 radical (unpaired) electrons. The number of carbonyl (C=O) groups is 1. The molecule has 1 saturated heterocycles. The smallest absolute Gasteiger partial charge is 0.350 e. The molecule has 0 saturated carbocycles. The Labute approximate surface area is 148 Å². The number of halogens is 2. The first kappa shape index (κ1) is 20.6. The van der Waals surface area contributed by atoms with E-state index in [0.717, 1.165) is 6.20 Å². The number of rotatable bonds is 7. The van der Waals surface area contributed by atoms with Crippen molar-refractivity contribution >= 4 is 5.78 Å². The van der Waals surface area contributed by atoms with Crippen LogP contribution in [0, 0.1) is 5.92 Å². The fraction of sp³-hybridized carbons (Fsp3) is 0.688. The largest absolute Gasteiger partial charge is 0.394 e. The summed E-state index contributed by atoms with van der Waals surface area (Å²) in [6.07, 6.45) is -4.91. The molecule has 26 heavy (non-hydrogen) atoms. The summed E-state index contributed by atoms with van der Waals surface area (Å²) >= 11 is 0. The van der Waals surface area contributed by atoms with E-state index in [1.165, 1.54) is 6.07 Å². The zero-order chi connectivity index (χ0) is 19.6. The maximum atomic E-state index is 14.1. The molecule has 0 unspecified atom stereocenters. The molecular weight excluding hydrogens is 352 g/mol. The Bertz CT molecular complexity index is 709. The number of likely N-dealkylation sites (N-methyl/N-ethyl adjacent to an activating group) is 1. The third-order valence-electron chi connectivity index (χ3n) is 4.38. The van der Waals surface area contributed by atoms with Gasteiger partial charge in [0.15, 0.2) is 11.9 Å². The lowest BCUT2D eigenvalue weighted by Crippen LogP contribution is -2.42. The highest BCUT2D eigenvalue weighted by atomic mass is 19.3. The third kappa shape index (κ3) is 3.83. The lowest BCUT2D eigenvalue weighted by atomic mass is 9.97. The number of aliphatic hydroxyl groups excluding tert-OH is 2. The van der Waals surface area contributed by atoms with Gasteiger partial charge in [0, 0.05) is 6.20 Å². The van der Waals surface area contributed by atoms with E-state index in [2.05, 4.69) is 10.3 Å². The molecule has 0 aliphatic carbocycles. The average molecular weight is 375 g/mol. The molecule has 8 nitrogen and oxygen atoms in total. The number of ether oxygens (including phenoxy) is 1. The van der Waals surface area contributed by atoms with Crippen LogP contribution >= 0.6 is 0 Å². The van der Waals surface area contributed by atoms with Gasteiger partial charge in [0.05, 0.1) is 24.8 Å². The monoisotopic (exact) mass is 375 g/mol. The van der Waals surface area contributed by atoms with Gasteiger partial charge in [-0.3, -0.25) is 9.36 Å². The van der Waals surface area contributed by atoms with Crippen LogP contribution in [0.15, 0.2) is 17.1 Å². The van der Waals surface area contributed by atoms with E-state index in [-0.39, 0.29) is 23.8 Å². The van der Waals surface area contributed by atoms with Gasteiger partial charge in [-0.05, 0) is 19.0 Å². The molecule has 10 heteroatoms. The Hall–Kier alpha value is -1.75. The van der Waals surface area contributed by atoms with Crippen molar-refractivity contribution in [3.05, 3.63) is 28.4 Å². The van der Waals surface area contributed by atoms with Crippen molar-refractivity contribution in [3.63, 3.8) is 0 Å². The normalized spacial score (nSPS) is 26.2. The quantitative estimate of drug-likeness (QED) is 0.588. The van der Waals surface area contributed by atoms with Gasteiger partial charge in [0.1, 0.15) is 6.10 Å². The summed E-state index contributed by atoms with van der Waals surface area (Å²) < 4.78 is 33.7. The highest BCUT2D eigenvalue weighted by Gasteiger charge is 2.59. The fourth-order valence-corrected chi connectivity index (χ4v) is 3.00. The van der Waals surface area contributed by atoms with Crippen LogP contribution in [-0.2, 0) is 16.0 Å². The Morgan fingerprint density at radius 1 is 1.50 bits per heavy atom. The summed E-state index contributed by atoms with van der Waals surface area (Å²) in [5, 5.41) is 21.4. The fourth-order valence-electron chi connectivity index (χ4n) is 3.00. The molecule has 1 aromatic heterocycles. The summed E-state index contributed by atoms with van der Waals surface area (Å²) in [5.41, 5.74) is -0.881.